The van der Waals surface area contributed by atoms with Crippen molar-refractivity contribution in [1.82, 2.24) is 4.31 Å². The number of carboxylic acids is 1. The molecule has 0 aromatic heterocycles. The summed E-state index contributed by atoms with van der Waals surface area (Å²) in [4.78, 5) is 11.9. The second-order valence-corrected chi connectivity index (χ2v) is 9.94. The van der Waals surface area contributed by atoms with Crippen molar-refractivity contribution < 1.29 is 18.3 Å². The fourth-order valence-electron chi connectivity index (χ4n) is 3.48. The molecule has 3 rings (SSSR count). The average molecular weight is 406 g/mol. The number of hydrogen-bond donors (Lipinski definition) is 1. The Bertz CT molecular complexity index is 871. The first-order valence-corrected chi connectivity index (χ1v) is 11.7. The summed E-state index contributed by atoms with van der Waals surface area (Å²) in [5.41, 5.74) is 2.03. The Morgan fingerprint density at radius 3 is 2.26 bits per heavy atom. The Balaban J connectivity index is 1.87. The minimum atomic E-state index is -3.52. The van der Waals surface area contributed by atoms with Crippen LogP contribution in [0.1, 0.15) is 23.6 Å². The van der Waals surface area contributed by atoms with Crippen LogP contribution >= 0.6 is 11.8 Å². The molecule has 0 bridgehead atoms. The van der Waals surface area contributed by atoms with Gasteiger partial charge < -0.3 is 5.11 Å². The molecule has 1 aliphatic rings. The number of nitrogens with zero attached hydrogens (tertiary/aromatic N) is 1. The summed E-state index contributed by atoms with van der Waals surface area (Å²) >= 11 is 1.60. The van der Waals surface area contributed by atoms with Gasteiger partial charge in [0, 0.05) is 17.5 Å². The number of sulfonamides is 1. The summed E-state index contributed by atoms with van der Waals surface area (Å²) in [5, 5.41) is 9.55. The molecule has 1 saturated heterocycles. The monoisotopic (exact) mass is 405 g/mol. The topological polar surface area (TPSA) is 74.7 Å². The number of hydrogen-bond acceptors (Lipinski definition) is 4. The van der Waals surface area contributed by atoms with Gasteiger partial charge in [-0.3, -0.25) is 4.79 Å². The third kappa shape index (κ3) is 4.91. The van der Waals surface area contributed by atoms with Gasteiger partial charge in [-0.15, -0.1) is 0 Å². The van der Waals surface area contributed by atoms with Crippen LogP contribution in [0.15, 0.2) is 60.7 Å². The van der Waals surface area contributed by atoms with Crippen LogP contribution in [0.25, 0.3) is 0 Å². The summed E-state index contributed by atoms with van der Waals surface area (Å²) < 4.78 is 26.0. The van der Waals surface area contributed by atoms with Crippen LogP contribution in [-0.4, -0.2) is 41.8 Å². The van der Waals surface area contributed by atoms with Gasteiger partial charge in [-0.1, -0.05) is 60.7 Å². The lowest BCUT2D eigenvalue weighted by Gasteiger charge is -2.41. The summed E-state index contributed by atoms with van der Waals surface area (Å²) in [6, 6.07) is 19.0. The number of rotatable bonds is 6. The second-order valence-electron chi connectivity index (χ2n) is 6.77. The smallest absolute Gasteiger partial charge is 0.308 e. The fourth-order valence-corrected chi connectivity index (χ4v) is 5.94. The largest absolute Gasteiger partial charge is 0.481 e. The highest BCUT2D eigenvalue weighted by molar-refractivity contribution is 7.99. The van der Waals surface area contributed by atoms with Crippen molar-refractivity contribution in [2.75, 3.05) is 12.8 Å². The van der Waals surface area contributed by atoms with Crippen molar-refractivity contribution in [3.05, 3.63) is 71.8 Å². The van der Waals surface area contributed by atoms with E-state index in [2.05, 4.69) is 0 Å². The van der Waals surface area contributed by atoms with Gasteiger partial charge in [0.15, 0.2) is 0 Å². The molecule has 1 aliphatic heterocycles. The van der Waals surface area contributed by atoms with Crippen LogP contribution < -0.4 is 0 Å². The predicted octanol–water partition coefficient (Wildman–Crippen LogP) is 3.40. The van der Waals surface area contributed by atoms with Crippen LogP contribution in [0.5, 0.6) is 0 Å². The summed E-state index contributed by atoms with van der Waals surface area (Å²) in [6.07, 6.45) is 1.63. The second kappa shape index (κ2) is 8.46. The molecule has 27 heavy (non-hydrogen) atoms. The molecule has 0 amide bonds. The van der Waals surface area contributed by atoms with Gasteiger partial charge >= 0.3 is 5.97 Å². The zero-order valence-electron chi connectivity index (χ0n) is 15.1. The van der Waals surface area contributed by atoms with Crippen molar-refractivity contribution in [2.24, 2.45) is 5.92 Å². The standard InChI is InChI=1S/C20H23NO4S2/c1-27(24,25)21-13-17(20(22)23)19(26-14-15-8-4-2-5-9-15)12-18(21)16-10-6-3-7-11-16/h2-11,17-19H,12-14H2,1H3,(H,22,23)/t17-,18+,19-/m1/s1. The highest BCUT2D eigenvalue weighted by atomic mass is 32.2. The molecule has 5 nitrogen and oxygen atoms in total. The molecule has 0 saturated carbocycles. The number of aliphatic carboxylic acids is 1. The first-order valence-electron chi connectivity index (χ1n) is 8.76. The van der Waals surface area contributed by atoms with Gasteiger partial charge in [-0.05, 0) is 17.5 Å². The Morgan fingerprint density at radius 1 is 1.11 bits per heavy atom. The van der Waals surface area contributed by atoms with Crippen molar-refractivity contribution in [1.29, 1.82) is 0 Å². The zero-order valence-corrected chi connectivity index (χ0v) is 16.7. The zero-order chi connectivity index (χ0) is 19.4. The molecular weight excluding hydrogens is 382 g/mol. The van der Waals surface area contributed by atoms with E-state index in [9.17, 15) is 18.3 Å². The Labute approximate surface area is 164 Å². The molecule has 2 aromatic carbocycles. The number of carbonyl (C=O) groups is 1. The molecule has 0 unspecified atom stereocenters. The van der Waals surface area contributed by atoms with Gasteiger partial charge in [0.05, 0.1) is 18.2 Å². The molecular formula is C20H23NO4S2. The lowest BCUT2D eigenvalue weighted by Crippen LogP contribution is -2.49. The van der Waals surface area contributed by atoms with Crippen LogP contribution in [0, 0.1) is 5.92 Å². The normalized spacial score (nSPS) is 23.8. The van der Waals surface area contributed by atoms with Crippen molar-refractivity contribution in [2.45, 2.75) is 23.5 Å². The predicted molar refractivity (Wildman–Crippen MR) is 108 cm³/mol. The van der Waals surface area contributed by atoms with Crippen LogP contribution in [0.4, 0.5) is 0 Å². The fraction of sp³-hybridized carbons (Fsp3) is 0.350. The Kier molecular flexibility index (Phi) is 6.24. The van der Waals surface area contributed by atoms with E-state index in [4.69, 9.17) is 0 Å². The number of piperidine rings is 1. The average Bonchev–Trinajstić information content (AvgIpc) is 2.66. The SMILES string of the molecule is CS(=O)(=O)N1C[C@@H](C(=O)O)[C@H](SCc2ccccc2)C[C@H]1c1ccccc1. The maximum atomic E-state index is 12.4. The number of carboxylic acid groups (broad SMARTS) is 1. The van der Waals surface area contributed by atoms with E-state index in [1.54, 1.807) is 11.8 Å². The molecule has 144 valence electrons. The van der Waals surface area contributed by atoms with E-state index in [0.29, 0.717) is 12.2 Å². The molecule has 1 heterocycles. The van der Waals surface area contributed by atoms with E-state index < -0.39 is 21.9 Å². The van der Waals surface area contributed by atoms with Crippen molar-refractivity contribution in [3.63, 3.8) is 0 Å². The third-order valence-corrected chi connectivity index (χ3v) is 7.57. The molecule has 0 aliphatic carbocycles. The van der Waals surface area contributed by atoms with Crippen LogP contribution in [0.2, 0.25) is 0 Å². The van der Waals surface area contributed by atoms with Gasteiger partial charge in [0.2, 0.25) is 10.0 Å². The summed E-state index contributed by atoms with van der Waals surface area (Å²) in [7, 11) is -3.52. The van der Waals surface area contributed by atoms with Crippen LogP contribution in [0.3, 0.4) is 0 Å². The first kappa shape index (κ1) is 19.9. The van der Waals surface area contributed by atoms with E-state index in [1.165, 1.54) is 4.31 Å². The lowest BCUT2D eigenvalue weighted by molar-refractivity contribution is -0.143. The van der Waals surface area contributed by atoms with Crippen LogP contribution in [-0.2, 0) is 20.6 Å². The van der Waals surface area contributed by atoms with Gasteiger partial charge in [0.25, 0.3) is 0 Å². The van der Waals surface area contributed by atoms with Crippen molar-refractivity contribution in [3.8, 4) is 0 Å². The van der Waals surface area contributed by atoms with E-state index in [-0.39, 0.29) is 17.8 Å². The van der Waals surface area contributed by atoms with E-state index in [0.717, 1.165) is 17.4 Å². The highest BCUT2D eigenvalue weighted by Crippen LogP contribution is 2.41. The summed E-state index contributed by atoms with van der Waals surface area (Å²) in [6.45, 7) is 0.000183. The molecule has 0 spiro atoms. The molecule has 1 fully saturated rings. The Hall–Kier alpha value is -1.83. The van der Waals surface area contributed by atoms with E-state index >= 15 is 0 Å². The van der Waals surface area contributed by atoms with Gasteiger partial charge in [-0.25, -0.2) is 8.42 Å². The minimum Gasteiger partial charge on any atom is -0.481 e. The third-order valence-electron chi connectivity index (χ3n) is 4.86. The molecule has 0 radical (unpaired) electrons. The lowest BCUT2D eigenvalue weighted by atomic mass is 9.90. The molecule has 3 atom stereocenters. The Morgan fingerprint density at radius 2 is 1.70 bits per heavy atom. The quantitative estimate of drug-likeness (QED) is 0.797. The minimum absolute atomic E-state index is 0.000183. The van der Waals surface area contributed by atoms with Gasteiger partial charge in [-0.2, -0.15) is 16.1 Å². The first-order chi connectivity index (χ1) is 12.9. The van der Waals surface area contributed by atoms with Gasteiger partial charge in [0.1, 0.15) is 0 Å². The molecule has 7 heteroatoms. The molecule has 2 aromatic rings. The summed E-state index contributed by atoms with van der Waals surface area (Å²) in [5.74, 6) is -0.968. The highest BCUT2D eigenvalue weighted by Gasteiger charge is 2.43. The maximum Gasteiger partial charge on any atom is 0.308 e. The number of benzene rings is 2. The van der Waals surface area contributed by atoms with Crippen molar-refractivity contribution >= 4 is 27.8 Å². The number of thioether (sulfide) groups is 1. The maximum absolute atomic E-state index is 12.4. The van der Waals surface area contributed by atoms with E-state index in [1.807, 2.05) is 60.7 Å². The molecule has 1 N–H and O–H groups in total.